The largest absolute Gasteiger partial charge is 0.481 e. The maximum absolute atomic E-state index is 12.9. The van der Waals surface area contributed by atoms with Crippen LogP contribution in [-0.2, 0) is 14.3 Å². The van der Waals surface area contributed by atoms with Gasteiger partial charge in [-0.25, -0.2) is 0 Å². The normalized spacial score (nSPS) is 17.4. The Morgan fingerprint density at radius 3 is 2.25 bits per heavy atom. The molecule has 0 bridgehead atoms. The fraction of sp³-hybridized carbons (Fsp3) is 0.417. The first-order valence-corrected chi connectivity index (χ1v) is 10.9. The lowest BCUT2D eigenvalue weighted by atomic mass is 10.1. The van der Waals surface area contributed by atoms with E-state index in [1.54, 1.807) is 31.2 Å². The second-order valence-corrected chi connectivity index (χ2v) is 7.79. The van der Waals surface area contributed by atoms with E-state index < -0.39 is 6.10 Å². The second-order valence-electron chi connectivity index (χ2n) is 7.79. The van der Waals surface area contributed by atoms with E-state index in [1.807, 2.05) is 12.1 Å². The topological polar surface area (TPSA) is 87.1 Å². The number of rotatable bonds is 6. The van der Waals surface area contributed by atoms with Gasteiger partial charge in [0.05, 0.1) is 49.4 Å². The van der Waals surface area contributed by atoms with Crippen LogP contribution >= 0.6 is 0 Å². The number of anilines is 3. The van der Waals surface area contributed by atoms with Crippen molar-refractivity contribution in [3.05, 3.63) is 48.0 Å². The Morgan fingerprint density at radius 1 is 1.00 bits per heavy atom. The predicted octanol–water partition coefficient (Wildman–Crippen LogP) is 2.64. The van der Waals surface area contributed by atoms with Crippen LogP contribution in [0.2, 0.25) is 0 Å². The van der Waals surface area contributed by atoms with E-state index in [9.17, 15) is 4.79 Å². The van der Waals surface area contributed by atoms with Crippen molar-refractivity contribution in [1.29, 1.82) is 5.26 Å². The van der Waals surface area contributed by atoms with Crippen LogP contribution in [0.3, 0.4) is 0 Å². The molecule has 2 aliphatic heterocycles. The molecule has 8 nitrogen and oxygen atoms in total. The average Bonchev–Trinajstić information content (AvgIpc) is 2.85. The molecular weight excluding hydrogens is 408 g/mol. The van der Waals surface area contributed by atoms with Crippen molar-refractivity contribution in [2.75, 3.05) is 67.7 Å². The zero-order valence-corrected chi connectivity index (χ0v) is 18.3. The number of carbonyl (C=O) groups excluding carboxylic acids is 1. The van der Waals surface area contributed by atoms with Crippen molar-refractivity contribution in [1.82, 2.24) is 0 Å². The van der Waals surface area contributed by atoms with Gasteiger partial charge in [-0.2, -0.15) is 5.26 Å². The quantitative estimate of drug-likeness (QED) is 0.745. The molecule has 8 heteroatoms. The molecule has 168 valence electrons. The zero-order valence-electron chi connectivity index (χ0n) is 18.3. The smallest absolute Gasteiger partial charge is 0.265 e. The molecule has 1 amide bonds. The van der Waals surface area contributed by atoms with Gasteiger partial charge in [-0.1, -0.05) is 0 Å². The molecule has 0 spiro atoms. The predicted molar refractivity (Wildman–Crippen MR) is 122 cm³/mol. The molecule has 2 aliphatic rings. The van der Waals surface area contributed by atoms with Crippen LogP contribution in [0.25, 0.3) is 0 Å². The fourth-order valence-electron chi connectivity index (χ4n) is 3.81. The summed E-state index contributed by atoms with van der Waals surface area (Å²) in [4.78, 5) is 17.4. The lowest BCUT2D eigenvalue weighted by molar-refractivity contribution is -0.122. The Balaban J connectivity index is 1.50. The summed E-state index contributed by atoms with van der Waals surface area (Å²) in [5.41, 5.74) is 3.40. The van der Waals surface area contributed by atoms with Gasteiger partial charge in [0.1, 0.15) is 5.75 Å². The summed E-state index contributed by atoms with van der Waals surface area (Å²) in [5, 5.41) is 12.0. The Bertz CT molecular complexity index is 961. The fourth-order valence-corrected chi connectivity index (χ4v) is 3.81. The number of nitrogens with one attached hydrogen (secondary N) is 1. The molecule has 2 aromatic rings. The van der Waals surface area contributed by atoms with Crippen molar-refractivity contribution in [3.8, 4) is 11.8 Å². The summed E-state index contributed by atoms with van der Waals surface area (Å²) < 4.78 is 16.8. The molecule has 0 radical (unpaired) electrons. The van der Waals surface area contributed by atoms with Gasteiger partial charge in [-0.3, -0.25) is 4.79 Å². The number of morpholine rings is 2. The Kier molecular flexibility index (Phi) is 7.10. The highest BCUT2D eigenvalue weighted by atomic mass is 16.5. The Labute approximate surface area is 188 Å². The van der Waals surface area contributed by atoms with Gasteiger partial charge in [0.25, 0.3) is 5.91 Å². The van der Waals surface area contributed by atoms with E-state index in [0.29, 0.717) is 24.5 Å². The van der Waals surface area contributed by atoms with Crippen LogP contribution in [0.5, 0.6) is 5.75 Å². The third kappa shape index (κ3) is 5.31. The van der Waals surface area contributed by atoms with Crippen molar-refractivity contribution >= 4 is 23.0 Å². The third-order valence-corrected chi connectivity index (χ3v) is 5.63. The summed E-state index contributed by atoms with van der Waals surface area (Å²) in [6, 6.07) is 14.9. The van der Waals surface area contributed by atoms with E-state index in [0.717, 1.165) is 56.5 Å². The van der Waals surface area contributed by atoms with E-state index in [2.05, 4.69) is 27.3 Å². The van der Waals surface area contributed by atoms with Crippen LogP contribution in [0.4, 0.5) is 17.1 Å². The Morgan fingerprint density at radius 2 is 1.62 bits per heavy atom. The van der Waals surface area contributed by atoms with E-state index >= 15 is 0 Å². The first-order chi connectivity index (χ1) is 15.6. The molecule has 2 aromatic carbocycles. The van der Waals surface area contributed by atoms with Crippen LogP contribution in [0.1, 0.15) is 12.5 Å². The lowest BCUT2D eigenvalue weighted by Gasteiger charge is -2.33. The van der Waals surface area contributed by atoms with Gasteiger partial charge in [0.2, 0.25) is 0 Å². The minimum absolute atomic E-state index is 0.233. The van der Waals surface area contributed by atoms with Crippen molar-refractivity contribution in [2.45, 2.75) is 13.0 Å². The highest BCUT2D eigenvalue weighted by Crippen LogP contribution is 2.32. The number of nitriles is 1. The monoisotopic (exact) mass is 436 g/mol. The summed E-state index contributed by atoms with van der Waals surface area (Å²) in [6.07, 6.45) is -0.695. The molecule has 1 atom stereocenters. The van der Waals surface area contributed by atoms with Gasteiger partial charge in [-0.15, -0.1) is 0 Å². The zero-order chi connectivity index (χ0) is 22.3. The first kappa shape index (κ1) is 21.9. The molecule has 0 unspecified atom stereocenters. The maximum Gasteiger partial charge on any atom is 0.265 e. The third-order valence-electron chi connectivity index (χ3n) is 5.63. The SMILES string of the molecule is C[C@H](Oc1ccc(C#N)cc1)C(=O)Nc1ccc(N2CCOCC2)cc1N1CCOCC1. The van der Waals surface area contributed by atoms with Crippen molar-refractivity contribution in [3.63, 3.8) is 0 Å². The molecular formula is C24H28N4O4. The van der Waals surface area contributed by atoms with E-state index in [4.69, 9.17) is 19.5 Å². The maximum atomic E-state index is 12.9. The highest BCUT2D eigenvalue weighted by molar-refractivity contribution is 5.97. The van der Waals surface area contributed by atoms with Crippen molar-refractivity contribution < 1.29 is 19.0 Å². The van der Waals surface area contributed by atoms with Gasteiger partial charge < -0.3 is 29.3 Å². The minimum Gasteiger partial charge on any atom is -0.481 e. The number of ether oxygens (including phenoxy) is 3. The number of hydrogen-bond donors (Lipinski definition) is 1. The molecule has 0 aliphatic carbocycles. The van der Waals surface area contributed by atoms with Crippen LogP contribution in [0, 0.1) is 11.3 Å². The molecule has 1 N–H and O–H groups in total. The second kappa shape index (κ2) is 10.4. The summed E-state index contributed by atoms with van der Waals surface area (Å²) in [5.74, 6) is 0.311. The molecule has 0 saturated carbocycles. The number of nitrogens with zero attached hydrogens (tertiary/aromatic N) is 3. The van der Waals surface area contributed by atoms with Gasteiger partial charge in [0.15, 0.2) is 6.10 Å². The number of benzene rings is 2. The van der Waals surface area contributed by atoms with E-state index in [-0.39, 0.29) is 5.91 Å². The average molecular weight is 437 g/mol. The molecule has 2 fully saturated rings. The van der Waals surface area contributed by atoms with Crippen LogP contribution in [-0.4, -0.2) is 64.6 Å². The Hall–Kier alpha value is -3.28. The van der Waals surface area contributed by atoms with Gasteiger partial charge in [0, 0.05) is 31.9 Å². The number of amides is 1. The number of hydrogen-bond acceptors (Lipinski definition) is 7. The highest BCUT2D eigenvalue weighted by Gasteiger charge is 2.22. The van der Waals surface area contributed by atoms with Gasteiger partial charge >= 0.3 is 0 Å². The summed E-state index contributed by atoms with van der Waals surface area (Å²) in [6.45, 7) is 7.71. The molecule has 4 rings (SSSR count). The molecule has 2 saturated heterocycles. The van der Waals surface area contributed by atoms with Crippen LogP contribution in [0.15, 0.2) is 42.5 Å². The molecule has 0 aromatic heterocycles. The first-order valence-electron chi connectivity index (χ1n) is 10.9. The minimum atomic E-state index is -0.695. The molecule has 2 heterocycles. The van der Waals surface area contributed by atoms with Crippen molar-refractivity contribution in [2.24, 2.45) is 0 Å². The number of carbonyl (C=O) groups is 1. The molecule has 32 heavy (non-hydrogen) atoms. The summed E-state index contributed by atoms with van der Waals surface area (Å²) >= 11 is 0. The van der Waals surface area contributed by atoms with Gasteiger partial charge in [-0.05, 0) is 49.4 Å². The lowest BCUT2D eigenvalue weighted by Crippen LogP contribution is -2.38. The summed E-state index contributed by atoms with van der Waals surface area (Å²) in [7, 11) is 0. The van der Waals surface area contributed by atoms with E-state index in [1.165, 1.54) is 0 Å². The van der Waals surface area contributed by atoms with Crippen LogP contribution < -0.4 is 19.9 Å². The standard InChI is InChI=1S/C24H28N4O4/c1-18(32-21-5-2-19(17-25)3-6-21)24(29)26-22-7-4-20(27-8-12-30-13-9-27)16-23(22)28-10-14-31-15-11-28/h2-7,16,18H,8-15H2,1H3,(H,26,29)/t18-/m0/s1.